The van der Waals surface area contributed by atoms with Crippen molar-refractivity contribution in [2.75, 3.05) is 50.8 Å². The van der Waals surface area contributed by atoms with Crippen molar-refractivity contribution >= 4 is 17.5 Å². The Labute approximate surface area is 225 Å². The van der Waals surface area contributed by atoms with Gasteiger partial charge >= 0.3 is 0 Å². The van der Waals surface area contributed by atoms with Crippen molar-refractivity contribution in [3.63, 3.8) is 0 Å². The van der Waals surface area contributed by atoms with Crippen molar-refractivity contribution in [2.24, 2.45) is 0 Å². The first-order chi connectivity index (χ1) is 18.3. The highest BCUT2D eigenvalue weighted by Crippen LogP contribution is 2.33. The maximum absolute atomic E-state index is 14.1. The molecule has 202 valence electrons. The highest BCUT2D eigenvalue weighted by atomic mass is 16.5. The lowest BCUT2D eigenvalue weighted by Crippen LogP contribution is -2.51. The second-order valence-corrected chi connectivity index (χ2v) is 10.9. The summed E-state index contributed by atoms with van der Waals surface area (Å²) >= 11 is 0. The van der Waals surface area contributed by atoms with E-state index in [1.54, 1.807) is 23.4 Å². The highest BCUT2D eigenvalue weighted by Gasteiger charge is 2.40. The van der Waals surface area contributed by atoms with Crippen molar-refractivity contribution in [1.82, 2.24) is 20.1 Å². The van der Waals surface area contributed by atoms with Gasteiger partial charge in [0.15, 0.2) is 6.19 Å². The molecule has 0 spiro atoms. The van der Waals surface area contributed by atoms with Crippen molar-refractivity contribution in [3.8, 4) is 6.19 Å². The first-order valence-electron chi connectivity index (χ1n) is 13.4. The largest absolute Gasteiger partial charge is 0.379 e. The van der Waals surface area contributed by atoms with Crippen molar-refractivity contribution in [3.05, 3.63) is 59.9 Å². The number of pyridine rings is 1. The van der Waals surface area contributed by atoms with E-state index in [0.29, 0.717) is 50.5 Å². The van der Waals surface area contributed by atoms with Crippen LogP contribution in [0, 0.1) is 11.5 Å². The summed E-state index contributed by atoms with van der Waals surface area (Å²) in [4.78, 5) is 37.6. The summed E-state index contributed by atoms with van der Waals surface area (Å²) in [5.74, 6) is -0.536. The molecule has 1 aromatic heterocycles. The van der Waals surface area contributed by atoms with E-state index < -0.39 is 12.1 Å². The van der Waals surface area contributed by atoms with Crippen LogP contribution in [0.4, 0.5) is 5.69 Å². The van der Waals surface area contributed by atoms with Crippen molar-refractivity contribution in [1.29, 1.82) is 5.26 Å². The molecule has 0 saturated carbocycles. The minimum absolute atomic E-state index is 0.0595. The molecule has 9 heteroatoms. The number of ether oxygens (including phenoxy) is 1. The topological polar surface area (TPSA) is 102 Å². The zero-order valence-electron chi connectivity index (χ0n) is 22.6. The number of amides is 2. The van der Waals surface area contributed by atoms with Crippen molar-refractivity contribution < 1.29 is 14.3 Å². The third-order valence-corrected chi connectivity index (χ3v) is 7.25. The van der Waals surface area contributed by atoms with Gasteiger partial charge in [0.05, 0.1) is 13.2 Å². The van der Waals surface area contributed by atoms with Gasteiger partial charge in [0, 0.05) is 56.4 Å². The normalized spacial score (nSPS) is 19.0. The number of likely N-dealkylation sites (tertiary alicyclic amines) is 1. The van der Waals surface area contributed by atoms with Crippen LogP contribution in [-0.2, 0) is 19.7 Å². The number of nitriles is 1. The smallest absolute Gasteiger partial charge is 0.251 e. The lowest BCUT2D eigenvalue weighted by atomic mass is 9.87. The summed E-state index contributed by atoms with van der Waals surface area (Å²) in [7, 11) is 0. The third kappa shape index (κ3) is 6.50. The van der Waals surface area contributed by atoms with E-state index in [9.17, 15) is 14.9 Å². The molecular weight excluding hydrogens is 480 g/mol. The molecule has 2 aromatic rings. The Morgan fingerprint density at radius 3 is 2.55 bits per heavy atom. The van der Waals surface area contributed by atoms with Crippen LogP contribution in [0.3, 0.4) is 0 Å². The van der Waals surface area contributed by atoms with Gasteiger partial charge in [-0.1, -0.05) is 39.0 Å². The van der Waals surface area contributed by atoms with Gasteiger partial charge in [-0.3, -0.25) is 29.3 Å². The lowest BCUT2D eigenvalue weighted by Gasteiger charge is -2.35. The van der Waals surface area contributed by atoms with E-state index in [4.69, 9.17) is 4.74 Å². The van der Waals surface area contributed by atoms with Crippen LogP contribution in [-0.4, -0.2) is 78.6 Å². The van der Waals surface area contributed by atoms with Gasteiger partial charge in [0.1, 0.15) is 12.1 Å². The first-order valence-corrected chi connectivity index (χ1v) is 13.4. The fourth-order valence-corrected chi connectivity index (χ4v) is 5.04. The highest BCUT2D eigenvalue weighted by molar-refractivity contribution is 6.04. The Bertz CT molecular complexity index is 1120. The monoisotopic (exact) mass is 518 g/mol. The Hall–Kier alpha value is -3.48. The molecule has 1 aromatic carbocycles. The predicted molar refractivity (Wildman–Crippen MR) is 145 cm³/mol. The summed E-state index contributed by atoms with van der Waals surface area (Å²) in [6.45, 7) is 11.1. The number of nitrogens with one attached hydrogen (secondary N) is 1. The summed E-state index contributed by atoms with van der Waals surface area (Å²) in [5, 5.41) is 12.7. The van der Waals surface area contributed by atoms with E-state index in [1.165, 1.54) is 4.90 Å². The van der Waals surface area contributed by atoms with Gasteiger partial charge in [-0.25, -0.2) is 0 Å². The summed E-state index contributed by atoms with van der Waals surface area (Å²) in [6, 6.07) is 9.85. The first kappa shape index (κ1) is 27.6. The number of rotatable bonds is 8. The SMILES string of the molecule is CC(C)(C)c1ccc(N(C(=O)C2CCCN2C#N)C(C(=O)NCCN2CCOCC2)c2cccnc2)cc1. The fourth-order valence-electron chi connectivity index (χ4n) is 5.04. The van der Waals surface area contributed by atoms with Crippen LogP contribution in [0.5, 0.6) is 0 Å². The molecule has 4 rings (SSSR count). The molecule has 2 unspecified atom stereocenters. The molecule has 0 bridgehead atoms. The molecule has 2 saturated heterocycles. The Morgan fingerprint density at radius 1 is 1.18 bits per heavy atom. The standard InChI is InChI=1S/C29H38N6O3/c1-29(2,3)23-8-10-24(11-9-23)35(28(37)25-7-5-14-34(25)21-30)26(22-6-4-12-31-20-22)27(36)32-13-15-33-16-18-38-19-17-33/h4,6,8-12,20,25-26H,5,7,13-19H2,1-3H3,(H,32,36). The summed E-state index contributed by atoms with van der Waals surface area (Å²) in [6.07, 6.45) is 6.77. The number of benzene rings is 1. The molecule has 2 amide bonds. The summed E-state index contributed by atoms with van der Waals surface area (Å²) in [5.41, 5.74) is 2.30. The van der Waals surface area contributed by atoms with Crippen LogP contribution >= 0.6 is 0 Å². The molecule has 2 aliphatic heterocycles. The quantitative estimate of drug-likeness (QED) is 0.536. The van der Waals surface area contributed by atoms with Gasteiger partial charge < -0.3 is 10.1 Å². The number of carbonyl (C=O) groups excluding carboxylic acids is 2. The van der Waals surface area contributed by atoms with E-state index in [-0.39, 0.29) is 17.2 Å². The number of nitrogens with zero attached hydrogens (tertiary/aromatic N) is 5. The molecule has 3 heterocycles. The Morgan fingerprint density at radius 2 is 1.92 bits per heavy atom. The molecular formula is C29H38N6O3. The van der Waals surface area contributed by atoms with Gasteiger partial charge in [0.25, 0.3) is 5.91 Å². The average Bonchev–Trinajstić information content (AvgIpc) is 3.41. The molecule has 2 aliphatic rings. The molecule has 2 atom stereocenters. The van der Waals surface area contributed by atoms with Crippen molar-refractivity contribution in [2.45, 2.75) is 51.1 Å². The Kier molecular flexibility index (Phi) is 8.97. The van der Waals surface area contributed by atoms with E-state index >= 15 is 0 Å². The minimum Gasteiger partial charge on any atom is -0.379 e. The maximum Gasteiger partial charge on any atom is 0.251 e. The van der Waals surface area contributed by atoms with Crippen LogP contribution in [0.2, 0.25) is 0 Å². The third-order valence-electron chi connectivity index (χ3n) is 7.25. The molecule has 38 heavy (non-hydrogen) atoms. The molecule has 1 N–H and O–H groups in total. The lowest BCUT2D eigenvalue weighted by molar-refractivity contribution is -0.128. The number of carbonyl (C=O) groups is 2. The van der Waals surface area contributed by atoms with E-state index in [1.807, 2.05) is 30.3 Å². The van der Waals surface area contributed by atoms with E-state index in [2.05, 4.69) is 42.2 Å². The number of anilines is 1. The molecule has 9 nitrogen and oxygen atoms in total. The second-order valence-electron chi connectivity index (χ2n) is 10.9. The number of morpholine rings is 1. The zero-order chi connectivity index (χ0) is 27.1. The molecule has 0 radical (unpaired) electrons. The Balaban J connectivity index is 1.68. The van der Waals surface area contributed by atoms with Gasteiger partial charge in [-0.15, -0.1) is 0 Å². The fraction of sp³-hybridized carbons (Fsp3) is 0.517. The predicted octanol–water partition coefficient (Wildman–Crippen LogP) is 2.85. The second kappa shape index (κ2) is 12.4. The molecule has 2 fully saturated rings. The van der Waals surface area contributed by atoms with Gasteiger partial charge in [-0.2, -0.15) is 5.26 Å². The van der Waals surface area contributed by atoms with Crippen LogP contribution in [0.15, 0.2) is 48.8 Å². The van der Waals surface area contributed by atoms with Gasteiger partial charge in [-0.05, 0) is 42.0 Å². The van der Waals surface area contributed by atoms with Crippen LogP contribution in [0.25, 0.3) is 0 Å². The van der Waals surface area contributed by atoms with E-state index in [0.717, 1.165) is 25.1 Å². The molecule has 0 aliphatic carbocycles. The minimum atomic E-state index is -0.928. The van der Waals surface area contributed by atoms with Crippen LogP contribution < -0.4 is 10.2 Å². The average molecular weight is 519 g/mol. The zero-order valence-corrected chi connectivity index (χ0v) is 22.6. The maximum atomic E-state index is 14.1. The van der Waals surface area contributed by atoms with Gasteiger partial charge in [0.2, 0.25) is 5.91 Å². The number of hydrogen-bond donors (Lipinski definition) is 1. The summed E-state index contributed by atoms with van der Waals surface area (Å²) < 4.78 is 5.42. The number of hydrogen-bond acceptors (Lipinski definition) is 7. The number of aromatic nitrogens is 1. The van der Waals surface area contributed by atoms with Crippen LogP contribution in [0.1, 0.15) is 50.8 Å².